The van der Waals surface area contributed by atoms with Crippen LogP contribution in [0.25, 0.3) is 6.08 Å². The lowest BCUT2D eigenvalue weighted by Crippen LogP contribution is -2.35. The van der Waals surface area contributed by atoms with E-state index in [-0.39, 0.29) is 22.4 Å². The first-order valence-electron chi connectivity index (χ1n) is 9.95. The third-order valence-corrected chi connectivity index (χ3v) is 4.95. The van der Waals surface area contributed by atoms with Gasteiger partial charge in [-0.25, -0.2) is 9.80 Å². The van der Waals surface area contributed by atoms with Crippen molar-refractivity contribution in [3.05, 3.63) is 99.6 Å². The molecule has 1 fully saturated rings. The number of amides is 2. The van der Waals surface area contributed by atoms with Crippen LogP contribution in [-0.4, -0.2) is 29.8 Å². The van der Waals surface area contributed by atoms with E-state index in [9.17, 15) is 24.5 Å². The SMILES string of the molecule is COc1ccc(C(=O)Oc2c(/C=C3/C(=O)NN(c4ccccc4)C3=O)cccc2[N+](=O)[O-])cc1. The van der Waals surface area contributed by atoms with Crippen molar-refractivity contribution >= 4 is 35.2 Å². The number of ether oxygens (including phenoxy) is 2. The Hall–Kier alpha value is -4.99. The molecule has 1 saturated heterocycles. The summed E-state index contributed by atoms with van der Waals surface area (Å²) < 4.78 is 10.4. The van der Waals surface area contributed by atoms with Crippen LogP contribution in [0.3, 0.4) is 0 Å². The van der Waals surface area contributed by atoms with E-state index in [0.717, 1.165) is 17.2 Å². The Labute approximate surface area is 193 Å². The average molecular weight is 459 g/mol. The highest BCUT2D eigenvalue weighted by atomic mass is 16.6. The fourth-order valence-corrected chi connectivity index (χ4v) is 3.26. The van der Waals surface area contributed by atoms with Crippen molar-refractivity contribution in [2.45, 2.75) is 0 Å². The Morgan fingerprint density at radius 2 is 1.71 bits per heavy atom. The number of benzene rings is 3. The molecule has 10 heteroatoms. The van der Waals surface area contributed by atoms with Crippen LogP contribution in [0, 0.1) is 10.1 Å². The molecule has 0 aliphatic carbocycles. The minimum absolute atomic E-state index is 0.0180. The molecule has 0 unspecified atom stereocenters. The molecule has 34 heavy (non-hydrogen) atoms. The number of nitrogens with one attached hydrogen (secondary N) is 1. The summed E-state index contributed by atoms with van der Waals surface area (Å²) in [5.74, 6) is -2.09. The minimum atomic E-state index is -0.857. The second kappa shape index (κ2) is 9.25. The topological polar surface area (TPSA) is 128 Å². The van der Waals surface area contributed by atoms with E-state index in [0.29, 0.717) is 11.4 Å². The lowest BCUT2D eigenvalue weighted by molar-refractivity contribution is -0.385. The van der Waals surface area contributed by atoms with Crippen molar-refractivity contribution in [1.82, 2.24) is 5.43 Å². The number of methoxy groups -OCH3 is 1. The van der Waals surface area contributed by atoms with Crippen molar-refractivity contribution in [3.63, 3.8) is 0 Å². The molecule has 1 N–H and O–H groups in total. The molecule has 0 saturated carbocycles. The van der Waals surface area contributed by atoms with Crippen molar-refractivity contribution < 1.29 is 28.8 Å². The van der Waals surface area contributed by atoms with Crippen LogP contribution in [0.15, 0.2) is 78.4 Å². The third-order valence-electron chi connectivity index (χ3n) is 4.95. The highest BCUT2D eigenvalue weighted by Crippen LogP contribution is 2.34. The van der Waals surface area contributed by atoms with Crippen LogP contribution in [-0.2, 0) is 9.59 Å². The first-order valence-corrected chi connectivity index (χ1v) is 9.95. The zero-order valence-corrected chi connectivity index (χ0v) is 17.8. The maximum atomic E-state index is 12.9. The predicted octanol–water partition coefficient (Wildman–Crippen LogP) is 3.28. The fraction of sp³-hybridized carbons (Fsp3) is 0.0417. The molecular weight excluding hydrogens is 442 g/mol. The standard InChI is InChI=1S/C24H17N3O7/c1-33-18-12-10-15(11-13-18)24(30)34-21-16(6-5-9-20(21)27(31)32)14-19-22(28)25-26(23(19)29)17-7-3-2-4-8-17/h2-14H,1H3,(H,25,28)/b19-14-. The zero-order chi connectivity index (χ0) is 24.2. The van der Waals surface area contributed by atoms with Gasteiger partial charge in [-0.15, -0.1) is 0 Å². The first-order chi connectivity index (χ1) is 16.4. The predicted molar refractivity (Wildman–Crippen MR) is 121 cm³/mol. The molecule has 3 aromatic carbocycles. The Morgan fingerprint density at radius 3 is 2.35 bits per heavy atom. The molecular formula is C24H17N3O7. The monoisotopic (exact) mass is 459 g/mol. The van der Waals surface area contributed by atoms with Gasteiger partial charge in [0.2, 0.25) is 5.75 Å². The van der Waals surface area contributed by atoms with E-state index in [1.165, 1.54) is 31.4 Å². The first kappa shape index (κ1) is 22.2. The van der Waals surface area contributed by atoms with Crippen LogP contribution >= 0.6 is 0 Å². The molecule has 0 aromatic heterocycles. The van der Waals surface area contributed by atoms with Crippen LogP contribution in [0.4, 0.5) is 11.4 Å². The van der Waals surface area contributed by atoms with Gasteiger partial charge in [-0.3, -0.25) is 25.1 Å². The summed E-state index contributed by atoms with van der Waals surface area (Å²) in [6, 6.07) is 18.3. The summed E-state index contributed by atoms with van der Waals surface area (Å²) in [4.78, 5) is 49.0. The van der Waals surface area contributed by atoms with Crippen LogP contribution in [0.5, 0.6) is 11.5 Å². The summed E-state index contributed by atoms with van der Waals surface area (Å²) in [5.41, 5.74) is 2.26. The van der Waals surface area contributed by atoms with Gasteiger partial charge in [0.05, 0.1) is 23.3 Å². The average Bonchev–Trinajstić information content (AvgIpc) is 3.13. The number of para-hydroxylation sites is 2. The van der Waals surface area contributed by atoms with Crippen molar-refractivity contribution in [2.75, 3.05) is 12.1 Å². The molecule has 1 heterocycles. The Bertz CT molecular complexity index is 1320. The number of hydrazine groups is 1. The molecule has 0 spiro atoms. The summed E-state index contributed by atoms with van der Waals surface area (Å²) in [5, 5.41) is 12.7. The normalized spacial score (nSPS) is 14.1. The molecule has 1 aliphatic rings. The van der Waals surface area contributed by atoms with Gasteiger partial charge in [0.1, 0.15) is 11.3 Å². The van der Waals surface area contributed by atoms with Gasteiger partial charge in [-0.05, 0) is 42.5 Å². The van der Waals surface area contributed by atoms with Gasteiger partial charge in [0, 0.05) is 11.6 Å². The number of carbonyl (C=O) groups is 3. The van der Waals surface area contributed by atoms with Gasteiger partial charge >= 0.3 is 11.7 Å². The lowest BCUT2D eigenvalue weighted by atomic mass is 10.1. The number of nitro benzene ring substituents is 1. The summed E-state index contributed by atoms with van der Waals surface area (Å²) in [7, 11) is 1.47. The van der Waals surface area contributed by atoms with Gasteiger partial charge in [0.15, 0.2) is 0 Å². The third kappa shape index (κ3) is 4.32. The summed E-state index contributed by atoms with van der Waals surface area (Å²) in [6.07, 6.45) is 1.16. The van der Waals surface area contributed by atoms with E-state index in [1.54, 1.807) is 42.5 Å². The second-order valence-corrected chi connectivity index (χ2v) is 7.05. The number of nitrogens with zero attached hydrogens (tertiary/aromatic N) is 2. The Morgan fingerprint density at radius 1 is 1.00 bits per heavy atom. The molecule has 3 aromatic rings. The van der Waals surface area contributed by atoms with Crippen molar-refractivity contribution in [2.24, 2.45) is 0 Å². The van der Waals surface area contributed by atoms with Crippen LogP contribution < -0.4 is 19.9 Å². The Balaban J connectivity index is 1.71. The summed E-state index contributed by atoms with van der Waals surface area (Å²) >= 11 is 0. The minimum Gasteiger partial charge on any atom is -0.497 e. The Kier molecular flexibility index (Phi) is 6.04. The maximum absolute atomic E-state index is 12.9. The smallest absolute Gasteiger partial charge is 0.343 e. The van der Waals surface area contributed by atoms with E-state index in [2.05, 4.69) is 5.43 Å². The zero-order valence-electron chi connectivity index (χ0n) is 17.8. The highest BCUT2D eigenvalue weighted by molar-refractivity contribution is 6.31. The van der Waals surface area contributed by atoms with E-state index >= 15 is 0 Å². The summed E-state index contributed by atoms with van der Waals surface area (Å²) in [6.45, 7) is 0. The van der Waals surface area contributed by atoms with E-state index < -0.39 is 28.4 Å². The second-order valence-electron chi connectivity index (χ2n) is 7.05. The number of nitro groups is 1. The quantitative estimate of drug-likeness (QED) is 0.150. The van der Waals surface area contributed by atoms with Crippen LogP contribution in [0.1, 0.15) is 15.9 Å². The molecule has 2 amide bonds. The van der Waals surface area contributed by atoms with Crippen LogP contribution in [0.2, 0.25) is 0 Å². The number of esters is 1. The van der Waals surface area contributed by atoms with E-state index in [4.69, 9.17) is 9.47 Å². The number of hydrogen-bond acceptors (Lipinski definition) is 7. The number of hydrogen-bond donors (Lipinski definition) is 1. The highest BCUT2D eigenvalue weighted by Gasteiger charge is 2.35. The molecule has 0 radical (unpaired) electrons. The largest absolute Gasteiger partial charge is 0.497 e. The molecule has 4 rings (SSSR count). The lowest BCUT2D eigenvalue weighted by Gasteiger charge is -2.14. The molecule has 170 valence electrons. The molecule has 0 bridgehead atoms. The van der Waals surface area contributed by atoms with Crippen molar-refractivity contribution in [3.8, 4) is 11.5 Å². The number of anilines is 1. The van der Waals surface area contributed by atoms with Gasteiger partial charge in [-0.1, -0.05) is 30.3 Å². The molecule has 10 nitrogen and oxygen atoms in total. The van der Waals surface area contributed by atoms with Gasteiger partial charge in [0.25, 0.3) is 11.8 Å². The van der Waals surface area contributed by atoms with Gasteiger partial charge in [-0.2, -0.15) is 0 Å². The maximum Gasteiger partial charge on any atom is 0.343 e. The van der Waals surface area contributed by atoms with E-state index in [1.807, 2.05) is 0 Å². The number of rotatable bonds is 6. The molecule has 0 atom stereocenters. The number of carbonyl (C=O) groups excluding carboxylic acids is 3. The van der Waals surface area contributed by atoms with Gasteiger partial charge < -0.3 is 9.47 Å². The molecule has 1 aliphatic heterocycles. The van der Waals surface area contributed by atoms with Crippen molar-refractivity contribution in [1.29, 1.82) is 0 Å². The fourth-order valence-electron chi connectivity index (χ4n) is 3.26.